The summed E-state index contributed by atoms with van der Waals surface area (Å²) < 4.78 is 11.6. The highest BCUT2D eigenvalue weighted by atomic mass is 79.9. The summed E-state index contributed by atoms with van der Waals surface area (Å²) in [5.41, 5.74) is 8.18. The van der Waals surface area contributed by atoms with E-state index in [0.717, 1.165) is 17.4 Å². The van der Waals surface area contributed by atoms with Crippen LogP contribution < -0.4 is 10.6 Å². The summed E-state index contributed by atoms with van der Waals surface area (Å²) in [5.74, 6) is 0. The van der Waals surface area contributed by atoms with Gasteiger partial charge < -0.3 is 20.1 Å². The maximum absolute atomic E-state index is 5.72. The summed E-state index contributed by atoms with van der Waals surface area (Å²) >= 11 is 3.55. The first kappa shape index (κ1) is 17.4. The average Bonchev–Trinajstić information content (AvgIpc) is 2.42. The summed E-state index contributed by atoms with van der Waals surface area (Å²) in [7, 11) is 3.45. The van der Waals surface area contributed by atoms with E-state index in [4.69, 9.17) is 15.2 Å². The van der Waals surface area contributed by atoms with Crippen molar-refractivity contribution < 1.29 is 9.47 Å². The van der Waals surface area contributed by atoms with E-state index in [0.29, 0.717) is 19.8 Å². The third kappa shape index (κ3) is 5.05. The van der Waals surface area contributed by atoms with Crippen LogP contribution in [-0.4, -0.2) is 46.6 Å². The number of nitrogens with two attached hydrogens (primary N) is 1. The lowest BCUT2D eigenvalue weighted by atomic mass is 10.1. The molecule has 20 heavy (non-hydrogen) atoms. The van der Waals surface area contributed by atoms with E-state index in [-0.39, 0.29) is 6.04 Å². The van der Waals surface area contributed by atoms with Crippen molar-refractivity contribution in [2.24, 2.45) is 5.73 Å². The standard InChI is InChI=1S/C15H25BrN2O2/c1-12(11-20-3)18(8-9-19-2)15-10-14(16)5-4-13(15)6-7-17/h4-5,10,12H,6-9,11,17H2,1-3H3. The van der Waals surface area contributed by atoms with Crippen LogP contribution in [0.15, 0.2) is 22.7 Å². The average molecular weight is 345 g/mol. The van der Waals surface area contributed by atoms with Gasteiger partial charge in [-0.2, -0.15) is 0 Å². The molecule has 0 heterocycles. The molecule has 0 amide bonds. The molecule has 4 nitrogen and oxygen atoms in total. The summed E-state index contributed by atoms with van der Waals surface area (Å²) in [5, 5.41) is 0. The van der Waals surface area contributed by atoms with Gasteiger partial charge in [0.15, 0.2) is 0 Å². The van der Waals surface area contributed by atoms with Gasteiger partial charge in [0.05, 0.1) is 13.2 Å². The van der Waals surface area contributed by atoms with Crippen LogP contribution in [0, 0.1) is 0 Å². The van der Waals surface area contributed by atoms with E-state index >= 15 is 0 Å². The topological polar surface area (TPSA) is 47.7 Å². The molecule has 0 saturated carbocycles. The van der Waals surface area contributed by atoms with Crippen molar-refractivity contribution in [2.75, 3.05) is 45.4 Å². The van der Waals surface area contributed by atoms with Crippen LogP contribution in [0.4, 0.5) is 5.69 Å². The van der Waals surface area contributed by atoms with Gasteiger partial charge in [-0.15, -0.1) is 0 Å². The fourth-order valence-corrected chi connectivity index (χ4v) is 2.62. The summed E-state index contributed by atoms with van der Waals surface area (Å²) in [6.45, 7) is 4.99. The number of methoxy groups -OCH3 is 2. The van der Waals surface area contributed by atoms with E-state index in [1.165, 1.54) is 11.3 Å². The van der Waals surface area contributed by atoms with Gasteiger partial charge in [-0.1, -0.05) is 22.0 Å². The Labute approximate surface area is 130 Å². The zero-order chi connectivity index (χ0) is 15.0. The first-order chi connectivity index (χ1) is 9.63. The van der Waals surface area contributed by atoms with Crippen molar-refractivity contribution in [1.82, 2.24) is 0 Å². The molecule has 0 radical (unpaired) electrons. The van der Waals surface area contributed by atoms with Gasteiger partial charge in [0.25, 0.3) is 0 Å². The number of benzene rings is 1. The Morgan fingerprint density at radius 2 is 2.05 bits per heavy atom. The van der Waals surface area contributed by atoms with Crippen molar-refractivity contribution in [2.45, 2.75) is 19.4 Å². The van der Waals surface area contributed by atoms with Crippen molar-refractivity contribution >= 4 is 21.6 Å². The maximum Gasteiger partial charge on any atom is 0.0663 e. The number of halogens is 1. The third-order valence-electron chi connectivity index (χ3n) is 3.25. The molecule has 0 aliphatic carbocycles. The van der Waals surface area contributed by atoms with Gasteiger partial charge in [0, 0.05) is 37.0 Å². The molecule has 0 spiro atoms. The van der Waals surface area contributed by atoms with Crippen LogP contribution in [0.2, 0.25) is 0 Å². The Morgan fingerprint density at radius 1 is 1.30 bits per heavy atom. The number of ether oxygens (including phenoxy) is 2. The molecule has 1 rings (SSSR count). The summed E-state index contributed by atoms with van der Waals surface area (Å²) in [6.07, 6.45) is 0.867. The predicted molar refractivity (Wildman–Crippen MR) is 87.5 cm³/mol. The Morgan fingerprint density at radius 3 is 2.65 bits per heavy atom. The minimum Gasteiger partial charge on any atom is -0.383 e. The Kier molecular flexibility index (Phi) is 8.14. The van der Waals surface area contributed by atoms with Gasteiger partial charge >= 0.3 is 0 Å². The largest absolute Gasteiger partial charge is 0.383 e. The summed E-state index contributed by atoms with van der Waals surface area (Å²) in [6, 6.07) is 6.61. The first-order valence-electron chi connectivity index (χ1n) is 6.87. The molecular formula is C15H25BrN2O2. The van der Waals surface area contributed by atoms with E-state index in [1.54, 1.807) is 14.2 Å². The van der Waals surface area contributed by atoms with Gasteiger partial charge in [-0.05, 0) is 37.6 Å². The Balaban J connectivity index is 3.06. The molecule has 1 aromatic carbocycles. The molecule has 1 aromatic rings. The van der Waals surface area contributed by atoms with Crippen LogP contribution in [0.3, 0.4) is 0 Å². The van der Waals surface area contributed by atoms with Crippen LogP contribution in [0.1, 0.15) is 12.5 Å². The fraction of sp³-hybridized carbons (Fsp3) is 0.600. The lowest BCUT2D eigenvalue weighted by Crippen LogP contribution is -2.39. The minimum absolute atomic E-state index is 0.279. The molecular weight excluding hydrogens is 320 g/mol. The number of rotatable bonds is 9. The lowest BCUT2D eigenvalue weighted by Gasteiger charge is -2.32. The van der Waals surface area contributed by atoms with E-state index < -0.39 is 0 Å². The van der Waals surface area contributed by atoms with Crippen molar-refractivity contribution in [3.8, 4) is 0 Å². The zero-order valence-corrected chi connectivity index (χ0v) is 14.1. The second-order valence-electron chi connectivity index (χ2n) is 4.80. The van der Waals surface area contributed by atoms with Crippen molar-refractivity contribution in [3.63, 3.8) is 0 Å². The van der Waals surface area contributed by atoms with E-state index in [2.05, 4.69) is 46.0 Å². The summed E-state index contributed by atoms with van der Waals surface area (Å²) in [4.78, 5) is 2.32. The lowest BCUT2D eigenvalue weighted by molar-refractivity contribution is 0.171. The predicted octanol–water partition coefficient (Wildman–Crippen LogP) is 2.44. The molecule has 0 aromatic heterocycles. The van der Waals surface area contributed by atoms with Gasteiger partial charge in [0.2, 0.25) is 0 Å². The van der Waals surface area contributed by atoms with Crippen molar-refractivity contribution in [3.05, 3.63) is 28.2 Å². The minimum atomic E-state index is 0.279. The van der Waals surface area contributed by atoms with Gasteiger partial charge in [-0.25, -0.2) is 0 Å². The van der Waals surface area contributed by atoms with E-state index in [1.807, 2.05) is 0 Å². The quantitative estimate of drug-likeness (QED) is 0.747. The first-order valence-corrected chi connectivity index (χ1v) is 7.66. The SMILES string of the molecule is COCCN(c1cc(Br)ccc1CCN)C(C)COC. The monoisotopic (exact) mass is 344 g/mol. The second-order valence-corrected chi connectivity index (χ2v) is 5.72. The molecule has 1 unspecified atom stereocenters. The van der Waals surface area contributed by atoms with Crippen LogP contribution >= 0.6 is 15.9 Å². The highest BCUT2D eigenvalue weighted by Crippen LogP contribution is 2.27. The fourth-order valence-electron chi connectivity index (χ4n) is 2.27. The number of hydrogen-bond donors (Lipinski definition) is 1. The molecule has 0 fully saturated rings. The molecule has 0 bridgehead atoms. The smallest absolute Gasteiger partial charge is 0.0663 e. The van der Waals surface area contributed by atoms with Crippen LogP contribution in [-0.2, 0) is 15.9 Å². The maximum atomic E-state index is 5.72. The highest BCUT2D eigenvalue weighted by molar-refractivity contribution is 9.10. The van der Waals surface area contributed by atoms with E-state index in [9.17, 15) is 0 Å². The third-order valence-corrected chi connectivity index (χ3v) is 3.74. The molecule has 114 valence electrons. The molecule has 5 heteroatoms. The zero-order valence-electron chi connectivity index (χ0n) is 12.6. The van der Waals surface area contributed by atoms with Crippen LogP contribution in [0.25, 0.3) is 0 Å². The number of nitrogens with zero attached hydrogens (tertiary/aromatic N) is 1. The molecule has 0 aliphatic rings. The normalized spacial score (nSPS) is 12.4. The number of anilines is 1. The van der Waals surface area contributed by atoms with Crippen LogP contribution in [0.5, 0.6) is 0 Å². The molecule has 0 aliphatic heterocycles. The second kappa shape index (κ2) is 9.34. The number of hydrogen-bond acceptors (Lipinski definition) is 4. The van der Waals surface area contributed by atoms with Crippen molar-refractivity contribution in [1.29, 1.82) is 0 Å². The molecule has 2 N–H and O–H groups in total. The molecule has 1 atom stereocenters. The van der Waals surface area contributed by atoms with Gasteiger partial charge in [0.1, 0.15) is 0 Å². The molecule has 0 saturated heterocycles. The highest BCUT2D eigenvalue weighted by Gasteiger charge is 2.17. The Bertz CT molecular complexity index is 401. The Hall–Kier alpha value is -0.620. The van der Waals surface area contributed by atoms with Gasteiger partial charge in [-0.3, -0.25) is 0 Å².